The molecule has 0 aromatic heterocycles. The van der Waals surface area contributed by atoms with Crippen molar-refractivity contribution in [2.45, 2.75) is 31.5 Å². The number of benzene rings is 1. The van der Waals surface area contributed by atoms with Crippen molar-refractivity contribution in [2.24, 2.45) is 5.92 Å². The highest BCUT2D eigenvalue weighted by Gasteiger charge is 2.37. The van der Waals surface area contributed by atoms with Crippen LogP contribution in [0.5, 0.6) is 11.5 Å². The predicted molar refractivity (Wildman–Crippen MR) is 103 cm³/mol. The zero-order valence-corrected chi connectivity index (χ0v) is 16.6. The lowest BCUT2D eigenvalue weighted by Gasteiger charge is -2.19. The molecule has 0 aliphatic carbocycles. The van der Waals surface area contributed by atoms with E-state index in [4.69, 9.17) is 14.2 Å². The number of nitrogens with one attached hydrogen (secondary N) is 1. The van der Waals surface area contributed by atoms with E-state index in [1.165, 1.54) is 4.90 Å². The van der Waals surface area contributed by atoms with Gasteiger partial charge in [0.15, 0.2) is 11.5 Å². The molecule has 2 fully saturated rings. The third-order valence-corrected chi connectivity index (χ3v) is 5.49. The lowest BCUT2D eigenvalue weighted by atomic mass is 10.1. The Morgan fingerprint density at radius 3 is 2.79 bits per heavy atom. The van der Waals surface area contributed by atoms with Crippen molar-refractivity contribution in [1.82, 2.24) is 10.2 Å². The number of nitrogens with zero attached hydrogens (tertiary/aromatic N) is 2. The van der Waals surface area contributed by atoms with Crippen LogP contribution >= 0.6 is 0 Å². The van der Waals surface area contributed by atoms with E-state index in [1.54, 1.807) is 37.2 Å². The monoisotopic (exact) mass is 403 g/mol. The fourth-order valence-corrected chi connectivity index (χ4v) is 3.87. The molecular weight excluding hydrogens is 378 g/mol. The number of hydrogen-bond acceptors (Lipinski definition) is 6. The Hall–Kier alpha value is -2.81. The van der Waals surface area contributed by atoms with Crippen molar-refractivity contribution in [3.8, 4) is 11.5 Å². The largest absolute Gasteiger partial charge is 0.454 e. The zero-order chi connectivity index (χ0) is 20.5. The fraction of sp³-hybridized carbons (Fsp3) is 0.550. The van der Waals surface area contributed by atoms with Crippen LogP contribution in [0.4, 0.5) is 5.69 Å². The minimum atomic E-state index is -0.443. The first-order valence-corrected chi connectivity index (χ1v) is 9.76. The molecule has 4 rings (SSSR count). The van der Waals surface area contributed by atoms with Gasteiger partial charge in [-0.2, -0.15) is 0 Å². The van der Waals surface area contributed by atoms with Crippen molar-refractivity contribution >= 4 is 23.4 Å². The Morgan fingerprint density at radius 1 is 1.21 bits per heavy atom. The van der Waals surface area contributed by atoms with E-state index >= 15 is 0 Å². The number of hydrogen-bond donors (Lipinski definition) is 1. The molecule has 0 unspecified atom stereocenters. The fourth-order valence-electron chi connectivity index (χ4n) is 3.87. The Balaban J connectivity index is 1.29. The van der Waals surface area contributed by atoms with Gasteiger partial charge in [-0.25, -0.2) is 0 Å². The Bertz CT molecular complexity index is 826. The molecule has 2 saturated heterocycles. The van der Waals surface area contributed by atoms with Gasteiger partial charge in [-0.15, -0.1) is 0 Å². The van der Waals surface area contributed by atoms with Crippen LogP contribution in [0.1, 0.15) is 19.3 Å². The highest BCUT2D eigenvalue weighted by molar-refractivity contribution is 6.00. The van der Waals surface area contributed by atoms with E-state index in [0.29, 0.717) is 36.7 Å². The molecule has 1 N–H and O–H groups in total. The highest BCUT2D eigenvalue weighted by atomic mass is 16.7. The quantitative estimate of drug-likeness (QED) is 0.770. The summed E-state index contributed by atoms with van der Waals surface area (Å²) in [6.07, 6.45) is 0.902. The summed E-state index contributed by atoms with van der Waals surface area (Å²) in [6, 6.07) is 5.32. The third kappa shape index (κ3) is 4.00. The number of ether oxygens (including phenoxy) is 3. The van der Waals surface area contributed by atoms with E-state index in [-0.39, 0.29) is 37.0 Å². The molecule has 29 heavy (non-hydrogen) atoms. The van der Waals surface area contributed by atoms with Gasteiger partial charge < -0.3 is 29.3 Å². The van der Waals surface area contributed by atoms with Crippen LogP contribution in [-0.4, -0.2) is 68.8 Å². The summed E-state index contributed by atoms with van der Waals surface area (Å²) >= 11 is 0. The highest BCUT2D eigenvalue weighted by Crippen LogP contribution is 2.37. The van der Waals surface area contributed by atoms with Crippen LogP contribution in [-0.2, 0) is 19.1 Å². The minimum absolute atomic E-state index is 0.0559. The van der Waals surface area contributed by atoms with Crippen molar-refractivity contribution in [3.63, 3.8) is 0 Å². The summed E-state index contributed by atoms with van der Waals surface area (Å²) in [5, 5.41) is 2.88. The summed E-state index contributed by atoms with van der Waals surface area (Å²) in [6.45, 7) is 0.824. The molecule has 3 amide bonds. The molecule has 0 spiro atoms. The van der Waals surface area contributed by atoms with Gasteiger partial charge in [0.25, 0.3) is 5.91 Å². The second kappa shape index (κ2) is 7.90. The Kier molecular flexibility index (Phi) is 5.31. The topological polar surface area (TPSA) is 97.4 Å². The minimum Gasteiger partial charge on any atom is -0.454 e. The van der Waals surface area contributed by atoms with Gasteiger partial charge in [0, 0.05) is 45.4 Å². The van der Waals surface area contributed by atoms with E-state index < -0.39 is 12.0 Å². The number of likely N-dealkylation sites (N-methyl/N-ethyl adjacent to an activating group) is 1. The molecule has 9 nitrogen and oxygen atoms in total. The van der Waals surface area contributed by atoms with E-state index in [9.17, 15) is 14.4 Å². The van der Waals surface area contributed by atoms with Crippen LogP contribution in [0.15, 0.2) is 18.2 Å². The SMILES string of the molecule is CN(C)C(=O)[C@@H]1CC[C@@H](CNC(=O)[C@@H]2CC(=O)N(c3ccc4c(c3)OCO4)C2)O1. The maximum Gasteiger partial charge on any atom is 0.251 e. The molecule has 1 aromatic carbocycles. The van der Waals surface area contributed by atoms with Gasteiger partial charge >= 0.3 is 0 Å². The summed E-state index contributed by atoms with van der Waals surface area (Å²) < 4.78 is 16.4. The first-order valence-electron chi connectivity index (χ1n) is 9.76. The van der Waals surface area contributed by atoms with Gasteiger partial charge in [-0.1, -0.05) is 0 Å². The normalized spacial score (nSPS) is 25.4. The summed E-state index contributed by atoms with van der Waals surface area (Å²) in [5.74, 6) is 0.499. The first-order chi connectivity index (χ1) is 13.9. The maximum atomic E-state index is 12.6. The van der Waals surface area contributed by atoms with Gasteiger partial charge in [-0.3, -0.25) is 14.4 Å². The third-order valence-electron chi connectivity index (χ3n) is 5.49. The number of anilines is 1. The lowest BCUT2D eigenvalue weighted by molar-refractivity contribution is -0.140. The van der Waals surface area contributed by atoms with E-state index in [1.807, 2.05) is 0 Å². The van der Waals surface area contributed by atoms with Gasteiger partial charge in [-0.05, 0) is 25.0 Å². The number of rotatable bonds is 5. The molecule has 0 saturated carbocycles. The lowest BCUT2D eigenvalue weighted by Crippen LogP contribution is -2.39. The molecule has 0 radical (unpaired) electrons. The number of fused-ring (bicyclic) bond motifs is 1. The Labute approximate surface area is 168 Å². The van der Waals surface area contributed by atoms with Gasteiger partial charge in [0.1, 0.15) is 6.10 Å². The molecular formula is C20H25N3O6. The second-order valence-electron chi connectivity index (χ2n) is 7.74. The molecule has 156 valence electrons. The number of amides is 3. The smallest absolute Gasteiger partial charge is 0.251 e. The van der Waals surface area contributed by atoms with Crippen molar-refractivity contribution in [3.05, 3.63) is 18.2 Å². The van der Waals surface area contributed by atoms with Crippen LogP contribution in [0.3, 0.4) is 0 Å². The van der Waals surface area contributed by atoms with Gasteiger partial charge in [0.05, 0.1) is 12.0 Å². The molecule has 1 aromatic rings. The van der Waals surface area contributed by atoms with E-state index in [2.05, 4.69) is 5.32 Å². The van der Waals surface area contributed by atoms with Crippen molar-refractivity contribution in [1.29, 1.82) is 0 Å². The maximum absolute atomic E-state index is 12.6. The predicted octanol–water partition coefficient (Wildman–Crippen LogP) is 0.520. The number of carbonyl (C=O) groups excluding carboxylic acids is 3. The summed E-state index contributed by atoms with van der Waals surface area (Å²) in [7, 11) is 3.40. The average molecular weight is 403 g/mol. The molecule has 9 heteroatoms. The van der Waals surface area contributed by atoms with E-state index in [0.717, 1.165) is 6.42 Å². The van der Waals surface area contributed by atoms with Crippen LogP contribution in [0.25, 0.3) is 0 Å². The summed E-state index contributed by atoms with van der Waals surface area (Å²) in [4.78, 5) is 40.1. The van der Waals surface area contributed by atoms with Crippen LogP contribution < -0.4 is 19.7 Å². The summed E-state index contributed by atoms with van der Waals surface area (Å²) in [5.41, 5.74) is 0.693. The van der Waals surface area contributed by atoms with Gasteiger partial charge in [0.2, 0.25) is 18.6 Å². The van der Waals surface area contributed by atoms with Crippen molar-refractivity contribution in [2.75, 3.05) is 38.9 Å². The Morgan fingerprint density at radius 2 is 2.00 bits per heavy atom. The molecule has 3 aliphatic heterocycles. The molecule has 3 aliphatic rings. The number of carbonyl (C=O) groups is 3. The van der Waals surface area contributed by atoms with Crippen LogP contribution in [0.2, 0.25) is 0 Å². The molecule has 3 heterocycles. The molecule has 0 bridgehead atoms. The molecule has 3 atom stereocenters. The standard InChI is InChI=1S/C20H25N3O6/c1-22(2)20(26)16-6-4-14(29-16)9-21-19(25)12-7-18(24)23(10-12)13-3-5-15-17(8-13)28-11-27-15/h3,5,8,12,14,16H,4,6-7,9-11H2,1-2H3,(H,21,25)/t12-,14+,16+/m1/s1. The van der Waals surface area contributed by atoms with Crippen LogP contribution in [0, 0.1) is 5.92 Å². The second-order valence-corrected chi connectivity index (χ2v) is 7.74. The van der Waals surface area contributed by atoms with Crippen molar-refractivity contribution < 1.29 is 28.6 Å². The average Bonchev–Trinajstić information content (AvgIpc) is 3.44. The first kappa shape index (κ1) is 19.5. The zero-order valence-electron chi connectivity index (χ0n) is 16.6.